The van der Waals surface area contributed by atoms with Gasteiger partial charge in [0, 0.05) is 22.0 Å². The van der Waals surface area contributed by atoms with Gasteiger partial charge in [-0.05, 0) is 74.1 Å². The summed E-state index contributed by atoms with van der Waals surface area (Å²) < 4.78 is 0. The van der Waals surface area contributed by atoms with Gasteiger partial charge in [0.25, 0.3) is 0 Å². The maximum absolute atomic E-state index is 12.5. The van der Waals surface area contributed by atoms with E-state index in [1.807, 2.05) is 32.0 Å². The number of benzene rings is 1. The number of hydrogen-bond donors (Lipinski definition) is 1. The molecule has 2 aliphatic rings. The molecule has 2 aromatic rings. The summed E-state index contributed by atoms with van der Waals surface area (Å²) in [6.07, 6.45) is 2.76. The van der Waals surface area contributed by atoms with Crippen molar-refractivity contribution in [3.05, 3.63) is 39.8 Å². The maximum atomic E-state index is 12.5. The fraction of sp³-hybridized carbons (Fsp3) is 0.458. The lowest BCUT2D eigenvalue weighted by Crippen LogP contribution is -2.58. The summed E-state index contributed by atoms with van der Waals surface area (Å²) in [6.45, 7) is 13.0. The molecule has 0 saturated carbocycles. The largest absolute Gasteiger partial charge is 0.478 e. The number of carbonyl (C=O) groups excluding carboxylic acids is 1. The molecule has 0 spiro atoms. The normalized spacial score (nSPS) is 19.2. The number of β-lactam (4-membered cyclic amide) rings is 1. The van der Waals surface area contributed by atoms with Crippen molar-refractivity contribution >= 4 is 35.6 Å². The highest BCUT2D eigenvalue weighted by atomic mass is 32.1. The molecule has 0 atom stereocenters. The molecule has 5 nitrogen and oxygen atoms in total. The number of carboxylic acid groups (broad SMARTS) is 1. The third-order valence-electron chi connectivity index (χ3n) is 6.29. The quantitative estimate of drug-likeness (QED) is 0.530. The van der Waals surface area contributed by atoms with Crippen LogP contribution >= 0.6 is 11.3 Å². The Kier molecular flexibility index (Phi) is 4.88. The molecule has 1 fully saturated rings. The van der Waals surface area contributed by atoms with Crippen LogP contribution in [-0.2, 0) is 24.2 Å². The fourth-order valence-corrected chi connectivity index (χ4v) is 5.94. The number of hydrogen-bond acceptors (Lipinski definition) is 4. The molecule has 1 aliphatic heterocycles. The number of rotatable bonds is 5. The number of anilines is 1. The molecule has 30 heavy (non-hydrogen) atoms. The van der Waals surface area contributed by atoms with Crippen LogP contribution in [0.2, 0.25) is 0 Å². The smallest absolute Gasteiger partial charge is 0.337 e. The van der Waals surface area contributed by atoms with Crippen molar-refractivity contribution in [1.82, 2.24) is 0 Å². The summed E-state index contributed by atoms with van der Waals surface area (Å²) >= 11 is 1.59. The average molecular weight is 425 g/mol. The molecule has 1 N–H and O–H groups in total. The molecule has 0 radical (unpaired) electrons. The first-order valence-corrected chi connectivity index (χ1v) is 11.1. The van der Waals surface area contributed by atoms with Gasteiger partial charge < -0.3 is 10.0 Å². The summed E-state index contributed by atoms with van der Waals surface area (Å²) in [5.74, 6) is -0.769. The topological polar surface area (TPSA) is 70.0 Å². The van der Waals surface area contributed by atoms with Crippen molar-refractivity contribution in [1.29, 1.82) is 0 Å². The van der Waals surface area contributed by atoms with Crippen LogP contribution in [0.15, 0.2) is 23.2 Å². The van der Waals surface area contributed by atoms with Crippen LogP contribution in [0.5, 0.6) is 0 Å². The highest BCUT2D eigenvalue weighted by Gasteiger charge is 2.45. The highest BCUT2D eigenvalue weighted by molar-refractivity contribution is 7.16. The molecule has 6 heteroatoms. The van der Waals surface area contributed by atoms with Crippen LogP contribution in [0.3, 0.4) is 0 Å². The molecule has 1 saturated heterocycles. The van der Waals surface area contributed by atoms with E-state index >= 15 is 0 Å². The number of carbonyl (C=O) groups is 2. The van der Waals surface area contributed by atoms with Gasteiger partial charge in [-0.3, -0.25) is 9.79 Å². The van der Waals surface area contributed by atoms with Crippen molar-refractivity contribution < 1.29 is 14.7 Å². The second kappa shape index (κ2) is 7.05. The van der Waals surface area contributed by atoms with E-state index in [-0.39, 0.29) is 16.7 Å². The third kappa shape index (κ3) is 3.37. The Hall–Kier alpha value is -2.47. The van der Waals surface area contributed by atoms with E-state index in [0.29, 0.717) is 18.7 Å². The molecule has 1 aromatic carbocycles. The predicted octanol–water partition coefficient (Wildman–Crippen LogP) is 5.20. The van der Waals surface area contributed by atoms with Crippen molar-refractivity contribution in [2.75, 3.05) is 11.4 Å². The molecule has 4 rings (SSSR count). The van der Waals surface area contributed by atoms with E-state index in [1.165, 1.54) is 4.88 Å². The predicted molar refractivity (Wildman–Crippen MR) is 122 cm³/mol. The second-order valence-corrected chi connectivity index (χ2v) is 11.0. The average Bonchev–Trinajstić information content (AvgIpc) is 3.03. The molecular formula is C24H28N2O3S. The second-order valence-electron chi connectivity index (χ2n) is 9.85. The lowest BCUT2D eigenvalue weighted by Gasteiger charge is -2.44. The van der Waals surface area contributed by atoms with Crippen molar-refractivity contribution in [2.24, 2.45) is 15.8 Å². The molecule has 0 unspecified atom stereocenters. The van der Waals surface area contributed by atoms with Crippen LogP contribution in [0, 0.1) is 10.8 Å². The molecule has 158 valence electrons. The van der Waals surface area contributed by atoms with Crippen molar-refractivity contribution in [2.45, 2.75) is 53.5 Å². The van der Waals surface area contributed by atoms with E-state index < -0.39 is 5.97 Å². The summed E-state index contributed by atoms with van der Waals surface area (Å²) in [5, 5.41) is 10.1. The molecule has 1 amide bonds. The minimum absolute atomic E-state index is 0.104. The van der Waals surface area contributed by atoms with Crippen molar-refractivity contribution in [3.63, 3.8) is 0 Å². The Bertz CT molecular complexity index is 1060. The zero-order valence-electron chi connectivity index (χ0n) is 18.0. The van der Waals surface area contributed by atoms with E-state index in [9.17, 15) is 14.7 Å². The minimum Gasteiger partial charge on any atom is -0.478 e. The van der Waals surface area contributed by atoms with Gasteiger partial charge in [-0.15, -0.1) is 11.3 Å². The van der Waals surface area contributed by atoms with Gasteiger partial charge in [-0.2, -0.15) is 0 Å². The van der Waals surface area contributed by atoms with Crippen molar-refractivity contribution in [3.8, 4) is 10.4 Å². The third-order valence-corrected chi connectivity index (χ3v) is 7.62. The van der Waals surface area contributed by atoms with E-state index in [2.05, 4.69) is 25.6 Å². The highest BCUT2D eigenvalue weighted by Crippen LogP contribution is 2.46. The number of carboxylic acids is 1. The SMILES string of the molecule is C=NCc1cc(N2CC(C)(C)C2=O)ccc1-c1sc2c(c1C(=O)O)CC(C)(C)CC2. The number of aryl methyl sites for hydroxylation is 1. The van der Waals surface area contributed by atoms with E-state index in [1.54, 1.807) is 16.2 Å². The van der Waals surface area contributed by atoms with Gasteiger partial charge in [-0.1, -0.05) is 19.9 Å². The number of aromatic carboxylic acids is 1. The van der Waals surface area contributed by atoms with E-state index in [0.717, 1.165) is 46.5 Å². The zero-order chi connectivity index (χ0) is 21.8. The first-order chi connectivity index (χ1) is 14.0. The summed E-state index contributed by atoms with van der Waals surface area (Å²) in [5.41, 5.74) is 3.82. The van der Waals surface area contributed by atoms with Gasteiger partial charge in [0.15, 0.2) is 0 Å². The summed E-state index contributed by atoms with van der Waals surface area (Å²) in [4.78, 5) is 32.6. The number of thiophene rings is 1. The van der Waals surface area contributed by atoms with Crippen LogP contribution in [0.25, 0.3) is 10.4 Å². The van der Waals surface area contributed by atoms with Gasteiger partial charge in [0.2, 0.25) is 5.91 Å². The summed E-state index contributed by atoms with van der Waals surface area (Å²) in [7, 11) is 0. The lowest BCUT2D eigenvalue weighted by molar-refractivity contribution is -0.132. The van der Waals surface area contributed by atoms with Gasteiger partial charge in [-0.25, -0.2) is 4.79 Å². The molecule has 1 aromatic heterocycles. The molecule has 2 heterocycles. The fourth-order valence-electron chi connectivity index (χ4n) is 4.57. The Morgan fingerprint density at radius 2 is 2.03 bits per heavy atom. The van der Waals surface area contributed by atoms with Gasteiger partial charge >= 0.3 is 5.97 Å². The first kappa shape index (κ1) is 20.8. The van der Waals surface area contributed by atoms with Crippen LogP contribution in [0.4, 0.5) is 5.69 Å². The molecule has 0 bridgehead atoms. The Balaban J connectivity index is 1.81. The van der Waals surface area contributed by atoms with Crippen LogP contribution in [0.1, 0.15) is 60.5 Å². The monoisotopic (exact) mass is 424 g/mol. The van der Waals surface area contributed by atoms with Gasteiger partial charge in [0.05, 0.1) is 17.5 Å². The standard InChI is InChI=1S/C24H28N2O3S/c1-23(2)9-8-18-17(11-23)19(21(27)28)20(30-18)16-7-6-15(10-14(16)12-25-5)26-13-24(3,4)22(26)29/h6-7,10H,5,8-9,11-13H2,1-4H3,(H,27,28). The number of aliphatic imine (C=N–C) groups is 1. The van der Waals surface area contributed by atoms with E-state index in [4.69, 9.17) is 0 Å². The Labute approximate surface area is 181 Å². The summed E-state index contributed by atoms with van der Waals surface area (Å²) in [6, 6.07) is 5.83. The number of fused-ring (bicyclic) bond motifs is 1. The maximum Gasteiger partial charge on any atom is 0.337 e. The van der Waals surface area contributed by atoms with Gasteiger partial charge in [0.1, 0.15) is 0 Å². The lowest BCUT2D eigenvalue weighted by atomic mass is 9.76. The Morgan fingerprint density at radius 3 is 2.63 bits per heavy atom. The first-order valence-electron chi connectivity index (χ1n) is 10.3. The number of nitrogens with zero attached hydrogens (tertiary/aromatic N) is 2. The number of amides is 1. The molecular weight excluding hydrogens is 396 g/mol. The van der Waals surface area contributed by atoms with Crippen LogP contribution in [-0.4, -0.2) is 30.2 Å². The van der Waals surface area contributed by atoms with Crippen LogP contribution < -0.4 is 4.90 Å². The molecule has 1 aliphatic carbocycles. The Morgan fingerprint density at radius 1 is 1.30 bits per heavy atom. The minimum atomic E-state index is -0.874. The zero-order valence-corrected chi connectivity index (χ0v) is 18.9.